The first-order valence-electron chi connectivity index (χ1n) is 7.83. The highest BCUT2D eigenvalue weighted by Gasteiger charge is 2.04. The molecule has 0 aromatic heterocycles. The first-order chi connectivity index (χ1) is 10.5. The highest BCUT2D eigenvalue weighted by atomic mass is 32.2. The topological polar surface area (TPSA) is 56.7 Å². The normalized spacial score (nSPS) is 11.2. The Bertz CT molecular complexity index is 356. The van der Waals surface area contributed by atoms with Gasteiger partial charge in [0.2, 0.25) is 5.91 Å². The number of amides is 1. The van der Waals surface area contributed by atoms with E-state index in [2.05, 4.69) is 28.5 Å². The highest BCUT2D eigenvalue weighted by molar-refractivity contribution is 7.98. The van der Waals surface area contributed by atoms with Crippen LogP contribution in [0.2, 0.25) is 0 Å². The Balaban J connectivity index is 4.10. The molecule has 1 amide bonds. The van der Waals surface area contributed by atoms with E-state index in [1.165, 1.54) is 25.0 Å². The number of carbonyl (C=O) groups is 1. The molecule has 22 heavy (non-hydrogen) atoms. The lowest BCUT2D eigenvalue weighted by Gasteiger charge is -2.13. The first-order valence-corrected chi connectivity index (χ1v) is 9.22. The highest BCUT2D eigenvalue weighted by Crippen LogP contribution is 2.03. The molecule has 0 spiro atoms. The summed E-state index contributed by atoms with van der Waals surface area (Å²) in [5, 5.41) is 6.47. The Labute approximate surface area is 140 Å². The molecule has 128 valence electrons. The van der Waals surface area contributed by atoms with Crippen molar-refractivity contribution >= 4 is 23.6 Å². The number of nitrogens with zero attached hydrogens (tertiary/aromatic N) is 2. The van der Waals surface area contributed by atoms with E-state index in [-0.39, 0.29) is 12.5 Å². The van der Waals surface area contributed by atoms with E-state index in [0.29, 0.717) is 12.5 Å². The van der Waals surface area contributed by atoms with Crippen molar-refractivity contribution < 1.29 is 4.79 Å². The van der Waals surface area contributed by atoms with Crippen LogP contribution in [0.4, 0.5) is 0 Å². The summed E-state index contributed by atoms with van der Waals surface area (Å²) >= 11 is 1.90. The molecule has 0 atom stereocenters. The van der Waals surface area contributed by atoms with Crippen LogP contribution >= 0.6 is 11.8 Å². The summed E-state index contributed by atoms with van der Waals surface area (Å²) in [5.41, 5.74) is 1.03. The Kier molecular flexibility index (Phi) is 12.8. The van der Waals surface area contributed by atoms with Crippen molar-refractivity contribution in [1.29, 1.82) is 0 Å². The van der Waals surface area contributed by atoms with Gasteiger partial charge in [0.05, 0.1) is 0 Å². The predicted molar refractivity (Wildman–Crippen MR) is 98.7 cm³/mol. The van der Waals surface area contributed by atoms with Crippen LogP contribution in [0.3, 0.4) is 0 Å². The summed E-state index contributed by atoms with van der Waals surface area (Å²) in [4.78, 5) is 17.5. The van der Waals surface area contributed by atoms with Crippen LogP contribution in [-0.2, 0) is 4.79 Å². The van der Waals surface area contributed by atoms with Crippen molar-refractivity contribution in [3.63, 3.8) is 0 Å². The van der Waals surface area contributed by atoms with Crippen molar-refractivity contribution in [2.45, 2.75) is 32.6 Å². The molecule has 5 nitrogen and oxygen atoms in total. The van der Waals surface area contributed by atoms with Gasteiger partial charge in [0.1, 0.15) is 6.54 Å². The van der Waals surface area contributed by atoms with Crippen molar-refractivity contribution in [1.82, 2.24) is 15.5 Å². The minimum atomic E-state index is -0.00603. The van der Waals surface area contributed by atoms with E-state index >= 15 is 0 Å². The summed E-state index contributed by atoms with van der Waals surface area (Å²) < 4.78 is 0. The summed E-state index contributed by atoms with van der Waals surface area (Å²) in [5.74, 6) is 1.92. The molecule has 0 radical (unpaired) electrons. The van der Waals surface area contributed by atoms with Crippen molar-refractivity contribution in [3.05, 3.63) is 12.2 Å². The van der Waals surface area contributed by atoms with Crippen molar-refractivity contribution in [3.8, 4) is 0 Å². The van der Waals surface area contributed by atoms with Crippen LogP contribution in [0.1, 0.15) is 32.6 Å². The number of guanidine groups is 1. The third-order valence-corrected chi connectivity index (χ3v) is 3.69. The fraction of sp³-hybridized carbons (Fsp3) is 0.750. The summed E-state index contributed by atoms with van der Waals surface area (Å²) in [6.45, 7) is 7.52. The van der Waals surface area contributed by atoms with E-state index in [1.807, 2.05) is 18.7 Å². The molecule has 0 heterocycles. The molecule has 0 unspecified atom stereocenters. The van der Waals surface area contributed by atoms with Crippen LogP contribution < -0.4 is 10.6 Å². The van der Waals surface area contributed by atoms with Crippen LogP contribution in [0.5, 0.6) is 0 Å². The Morgan fingerprint density at radius 1 is 1.18 bits per heavy atom. The third kappa shape index (κ3) is 12.6. The number of unbranched alkanes of at least 4 members (excludes halogenated alkanes) is 3. The molecule has 0 aliphatic rings. The average Bonchev–Trinajstić information content (AvgIpc) is 2.47. The maximum absolute atomic E-state index is 11.6. The number of carbonyl (C=O) groups excluding carboxylic acids is 1. The number of rotatable bonds is 11. The minimum Gasteiger partial charge on any atom is -0.356 e. The van der Waals surface area contributed by atoms with E-state index in [9.17, 15) is 4.79 Å². The molecular weight excluding hydrogens is 296 g/mol. The Morgan fingerprint density at radius 2 is 1.86 bits per heavy atom. The molecule has 0 saturated carbocycles. The van der Waals surface area contributed by atoms with E-state index < -0.39 is 0 Å². The van der Waals surface area contributed by atoms with Crippen molar-refractivity contribution in [2.75, 3.05) is 45.7 Å². The van der Waals surface area contributed by atoms with Gasteiger partial charge in [-0.15, -0.1) is 0 Å². The second-order valence-corrected chi connectivity index (χ2v) is 6.58. The Hall–Kier alpha value is -1.17. The lowest BCUT2D eigenvalue weighted by Crippen LogP contribution is -2.39. The van der Waals surface area contributed by atoms with Gasteiger partial charge < -0.3 is 15.5 Å². The van der Waals surface area contributed by atoms with E-state index in [1.54, 1.807) is 19.0 Å². The van der Waals surface area contributed by atoms with Crippen molar-refractivity contribution in [2.24, 2.45) is 4.99 Å². The Morgan fingerprint density at radius 3 is 2.45 bits per heavy atom. The van der Waals surface area contributed by atoms with Gasteiger partial charge in [-0.3, -0.25) is 4.79 Å². The lowest BCUT2D eigenvalue weighted by molar-refractivity contribution is -0.127. The van der Waals surface area contributed by atoms with Gasteiger partial charge in [0, 0.05) is 27.2 Å². The van der Waals surface area contributed by atoms with E-state index in [0.717, 1.165) is 18.5 Å². The fourth-order valence-electron chi connectivity index (χ4n) is 1.63. The molecule has 0 aromatic rings. The number of hydrogen-bond donors (Lipinski definition) is 2. The minimum absolute atomic E-state index is 0.00603. The summed E-state index contributed by atoms with van der Waals surface area (Å²) in [7, 11) is 3.47. The predicted octanol–water partition coefficient (Wildman–Crippen LogP) is 2.11. The van der Waals surface area contributed by atoms with E-state index in [4.69, 9.17) is 0 Å². The van der Waals surface area contributed by atoms with Crippen LogP contribution in [0.25, 0.3) is 0 Å². The molecule has 0 saturated heterocycles. The zero-order valence-electron chi connectivity index (χ0n) is 14.6. The smallest absolute Gasteiger partial charge is 0.243 e. The third-order valence-electron chi connectivity index (χ3n) is 3.00. The summed E-state index contributed by atoms with van der Waals surface area (Å²) in [6.07, 6.45) is 7.04. The van der Waals surface area contributed by atoms with Gasteiger partial charge >= 0.3 is 0 Å². The standard InChI is InChI=1S/C16H32N4OS/c1-14(2)12-18-16(19-13-15(21)20(3)4)17-10-8-6-7-9-11-22-5/h1,6-13H2,2-5H3,(H2,17,18,19). The number of likely N-dealkylation sites (N-methyl/N-ethyl adjacent to an activating group) is 1. The molecule has 0 aromatic carbocycles. The molecule has 0 bridgehead atoms. The second-order valence-electron chi connectivity index (χ2n) is 5.60. The first kappa shape index (κ1) is 20.8. The maximum atomic E-state index is 11.6. The van der Waals surface area contributed by atoms with Gasteiger partial charge in [-0.1, -0.05) is 25.0 Å². The molecule has 0 aliphatic carbocycles. The van der Waals surface area contributed by atoms with Gasteiger partial charge in [-0.05, 0) is 31.8 Å². The maximum Gasteiger partial charge on any atom is 0.243 e. The lowest BCUT2D eigenvalue weighted by atomic mass is 10.2. The molecule has 0 rings (SSSR count). The SMILES string of the molecule is C=C(C)CNC(=NCC(=O)N(C)C)NCCCCCCSC. The number of hydrogen-bond acceptors (Lipinski definition) is 3. The largest absolute Gasteiger partial charge is 0.356 e. The van der Waals surface area contributed by atoms with Gasteiger partial charge in [-0.2, -0.15) is 11.8 Å². The van der Waals surface area contributed by atoms with Crippen LogP contribution in [0.15, 0.2) is 17.1 Å². The fourth-order valence-corrected chi connectivity index (χ4v) is 2.12. The molecular formula is C16H32N4OS. The number of aliphatic imine (C=N–C) groups is 1. The monoisotopic (exact) mass is 328 g/mol. The van der Waals surface area contributed by atoms with Gasteiger partial charge in [0.15, 0.2) is 5.96 Å². The van der Waals surface area contributed by atoms with Crippen LogP contribution in [-0.4, -0.2) is 62.5 Å². The quantitative estimate of drug-likeness (QED) is 0.264. The number of thioether (sulfide) groups is 1. The van der Waals surface area contributed by atoms with Crippen LogP contribution in [0, 0.1) is 0 Å². The zero-order valence-corrected chi connectivity index (χ0v) is 15.4. The van der Waals surface area contributed by atoms with Gasteiger partial charge in [-0.25, -0.2) is 4.99 Å². The van der Waals surface area contributed by atoms with Gasteiger partial charge in [0.25, 0.3) is 0 Å². The molecule has 2 N–H and O–H groups in total. The second kappa shape index (κ2) is 13.5. The average molecular weight is 329 g/mol. The molecule has 0 aliphatic heterocycles. The summed E-state index contributed by atoms with van der Waals surface area (Å²) in [6, 6.07) is 0. The zero-order chi connectivity index (χ0) is 16.8. The number of nitrogens with one attached hydrogen (secondary N) is 2. The molecule has 0 fully saturated rings. The molecule has 6 heteroatoms.